The van der Waals surface area contributed by atoms with E-state index in [9.17, 15) is 0 Å². The Labute approximate surface area is 383 Å². The summed E-state index contributed by atoms with van der Waals surface area (Å²) in [6.07, 6.45) is 16.6. The van der Waals surface area contributed by atoms with Gasteiger partial charge in [0.1, 0.15) is 0 Å². The Bertz CT molecular complexity index is 2120. The fraction of sp³-hybridized carbons (Fsp3) is 0.286. The lowest BCUT2D eigenvalue weighted by Crippen LogP contribution is -2.21. The van der Waals surface area contributed by atoms with E-state index in [1.165, 1.54) is 22.7 Å². The molecule has 6 rings (SSSR count). The lowest BCUT2D eigenvalue weighted by molar-refractivity contribution is 0.866. The SMILES string of the molecule is CCN(CC)c1ccc(/C=C/c2cc(/C=C/c3ccc(N(CC)CC)cc3)nc(-c3nc(/C=C/c4ccc(N(CC)CC)cc4)cc(/C=C/c4ccc(N(CC)CC)cc4)n3)n2)cc1. The molecular weight excluding hydrogens is 785 g/mol. The lowest BCUT2D eigenvalue weighted by atomic mass is 10.1. The Morgan fingerprint density at radius 3 is 0.641 bits per heavy atom. The van der Waals surface area contributed by atoms with E-state index >= 15 is 0 Å². The van der Waals surface area contributed by atoms with Crippen molar-refractivity contribution in [1.82, 2.24) is 19.9 Å². The van der Waals surface area contributed by atoms with Crippen molar-refractivity contribution in [3.05, 3.63) is 154 Å². The number of hydrogen-bond acceptors (Lipinski definition) is 8. The van der Waals surface area contributed by atoms with Crippen LogP contribution in [0.25, 0.3) is 60.3 Å². The van der Waals surface area contributed by atoms with Crippen molar-refractivity contribution < 1.29 is 0 Å². The highest BCUT2D eigenvalue weighted by Gasteiger charge is 2.12. The fourth-order valence-electron chi connectivity index (χ4n) is 7.78. The van der Waals surface area contributed by atoms with Crippen molar-refractivity contribution in [2.24, 2.45) is 0 Å². The Hall–Kier alpha value is -6.80. The number of aromatic nitrogens is 4. The van der Waals surface area contributed by atoms with E-state index in [1.807, 2.05) is 36.4 Å². The van der Waals surface area contributed by atoms with Gasteiger partial charge in [0.25, 0.3) is 0 Å². The molecule has 0 aliphatic carbocycles. The highest BCUT2D eigenvalue weighted by Crippen LogP contribution is 2.23. The van der Waals surface area contributed by atoms with E-state index in [0.29, 0.717) is 11.6 Å². The smallest absolute Gasteiger partial charge is 0.198 e. The van der Waals surface area contributed by atoms with Crippen molar-refractivity contribution in [1.29, 1.82) is 0 Å². The van der Waals surface area contributed by atoms with E-state index in [4.69, 9.17) is 19.9 Å². The Balaban J connectivity index is 1.40. The first-order chi connectivity index (χ1) is 31.3. The zero-order valence-corrected chi connectivity index (χ0v) is 39.2. The summed E-state index contributed by atoms with van der Waals surface area (Å²) in [5.74, 6) is 0.903. The van der Waals surface area contributed by atoms with Gasteiger partial charge in [-0.2, -0.15) is 0 Å². The van der Waals surface area contributed by atoms with Gasteiger partial charge in [-0.15, -0.1) is 0 Å². The molecule has 330 valence electrons. The number of rotatable bonds is 21. The van der Waals surface area contributed by atoms with Crippen molar-refractivity contribution in [2.45, 2.75) is 55.4 Å². The minimum Gasteiger partial charge on any atom is -0.372 e. The van der Waals surface area contributed by atoms with Crippen molar-refractivity contribution in [3.8, 4) is 11.6 Å². The molecule has 0 aliphatic rings. The van der Waals surface area contributed by atoms with E-state index in [0.717, 1.165) is 97.4 Å². The van der Waals surface area contributed by atoms with Gasteiger partial charge in [-0.3, -0.25) is 0 Å². The van der Waals surface area contributed by atoms with Gasteiger partial charge < -0.3 is 19.6 Å². The Morgan fingerprint density at radius 1 is 0.281 bits per heavy atom. The summed E-state index contributed by atoms with van der Waals surface area (Å²) in [6, 6.07) is 38.7. The molecule has 2 aromatic heterocycles. The topological polar surface area (TPSA) is 64.5 Å². The molecule has 0 N–H and O–H groups in total. The van der Waals surface area contributed by atoms with Crippen molar-refractivity contribution in [2.75, 3.05) is 72.0 Å². The summed E-state index contributed by atoms with van der Waals surface area (Å²) in [5, 5.41) is 0. The van der Waals surface area contributed by atoms with Crippen molar-refractivity contribution >= 4 is 71.4 Å². The molecule has 0 amide bonds. The second-order valence-corrected chi connectivity index (χ2v) is 15.5. The number of hydrogen-bond donors (Lipinski definition) is 0. The van der Waals surface area contributed by atoms with Gasteiger partial charge >= 0.3 is 0 Å². The minimum atomic E-state index is 0.451. The van der Waals surface area contributed by atoms with Crippen LogP contribution in [0.5, 0.6) is 0 Å². The predicted octanol–water partition coefficient (Wildman–Crippen LogP) is 13.0. The highest BCUT2D eigenvalue weighted by molar-refractivity contribution is 5.76. The molecule has 64 heavy (non-hydrogen) atoms. The first kappa shape index (κ1) is 46.7. The maximum atomic E-state index is 5.07. The molecular formula is C56H66N8. The average Bonchev–Trinajstić information content (AvgIpc) is 3.34. The predicted molar refractivity (Wildman–Crippen MR) is 279 cm³/mol. The third-order valence-corrected chi connectivity index (χ3v) is 11.6. The van der Waals surface area contributed by atoms with Crippen LogP contribution in [0.15, 0.2) is 109 Å². The maximum absolute atomic E-state index is 5.07. The molecule has 0 bridgehead atoms. The van der Waals surface area contributed by atoms with Crippen LogP contribution in [0, 0.1) is 0 Å². The first-order valence-electron chi connectivity index (χ1n) is 23.2. The number of anilines is 4. The van der Waals surface area contributed by atoms with Crippen LogP contribution in [0.3, 0.4) is 0 Å². The molecule has 0 unspecified atom stereocenters. The van der Waals surface area contributed by atoms with E-state index < -0.39 is 0 Å². The minimum absolute atomic E-state index is 0.451. The highest BCUT2D eigenvalue weighted by atomic mass is 15.1. The van der Waals surface area contributed by atoms with Crippen LogP contribution in [-0.2, 0) is 0 Å². The average molecular weight is 851 g/mol. The quantitative estimate of drug-likeness (QED) is 0.0710. The normalized spacial score (nSPS) is 11.7. The summed E-state index contributed by atoms with van der Waals surface area (Å²) in [6.45, 7) is 25.2. The number of benzene rings is 4. The summed E-state index contributed by atoms with van der Waals surface area (Å²) < 4.78 is 0. The van der Waals surface area contributed by atoms with Gasteiger partial charge in [0.05, 0.1) is 22.8 Å². The summed E-state index contributed by atoms with van der Waals surface area (Å²) in [7, 11) is 0. The largest absolute Gasteiger partial charge is 0.372 e. The second kappa shape index (κ2) is 23.6. The van der Waals surface area contributed by atoms with Crippen LogP contribution in [0.2, 0.25) is 0 Å². The molecule has 6 aromatic rings. The summed E-state index contributed by atoms with van der Waals surface area (Å²) in [5.41, 5.74) is 12.3. The monoisotopic (exact) mass is 851 g/mol. The molecule has 0 spiro atoms. The van der Waals surface area contributed by atoms with Gasteiger partial charge in [0.15, 0.2) is 11.6 Å². The molecule has 0 saturated heterocycles. The molecule has 2 heterocycles. The summed E-state index contributed by atoms with van der Waals surface area (Å²) in [4.78, 5) is 29.7. The molecule has 8 heteroatoms. The van der Waals surface area contributed by atoms with E-state index in [1.54, 1.807) is 0 Å². The van der Waals surface area contributed by atoms with Gasteiger partial charge in [-0.05, 0) is 163 Å². The van der Waals surface area contributed by atoms with E-state index in [-0.39, 0.29) is 0 Å². The Morgan fingerprint density at radius 2 is 0.469 bits per heavy atom. The molecule has 0 atom stereocenters. The van der Waals surface area contributed by atoms with Gasteiger partial charge in [-0.25, -0.2) is 19.9 Å². The fourth-order valence-corrected chi connectivity index (χ4v) is 7.78. The molecule has 8 nitrogen and oxygen atoms in total. The standard InChI is InChI=1S/C56H66N8/c1-9-61(10-2)51-33-21-43(22-34-51)17-29-47-41-48(30-18-44-23-35-52(36-24-44)62(11-3)12-4)58-55(57-47)56-59-49(31-19-45-25-37-53(38-26-45)63(13-5)14-6)42-50(60-56)32-20-46-27-39-54(40-28-46)64(15-7)16-8/h17-42H,9-16H2,1-8H3/b29-17+,30-18+,31-19+,32-20+. The van der Waals surface area contributed by atoms with Crippen LogP contribution in [0.4, 0.5) is 22.7 Å². The molecule has 0 aliphatic heterocycles. The molecule has 0 fully saturated rings. The maximum Gasteiger partial charge on any atom is 0.198 e. The van der Waals surface area contributed by atoms with Gasteiger partial charge in [0, 0.05) is 75.1 Å². The lowest BCUT2D eigenvalue weighted by Gasteiger charge is -2.20. The van der Waals surface area contributed by atoms with Gasteiger partial charge in [0.2, 0.25) is 0 Å². The van der Waals surface area contributed by atoms with Crippen LogP contribution in [-0.4, -0.2) is 72.3 Å². The first-order valence-corrected chi connectivity index (χ1v) is 23.2. The van der Waals surface area contributed by atoms with Crippen LogP contribution >= 0.6 is 0 Å². The van der Waals surface area contributed by atoms with Crippen LogP contribution < -0.4 is 19.6 Å². The van der Waals surface area contributed by atoms with E-state index in [2.05, 4.69) is 196 Å². The van der Waals surface area contributed by atoms with Gasteiger partial charge in [-0.1, -0.05) is 72.8 Å². The summed E-state index contributed by atoms with van der Waals surface area (Å²) >= 11 is 0. The third kappa shape index (κ3) is 12.7. The zero-order valence-electron chi connectivity index (χ0n) is 39.2. The molecule has 0 saturated carbocycles. The Kier molecular flexibility index (Phi) is 17.2. The second-order valence-electron chi connectivity index (χ2n) is 15.5. The van der Waals surface area contributed by atoms with Crippen LogP contribution in [0.1, 0.15) is 100 Å². The zero-order chi connectivity index (χ0) is 45.3. The third-order valence-electron chi connectivity index (χ3n) is 11.6. The van der Waals surface area contributed by atoms with Crippen molar-refractivity contribution in [3.63, 3.8) is 0 Å². The molecule has 0 radical (unpaired) electrons. The number of nitrogens with zero attached hydrogens (tertiary/aromatic N) is 8. The molecule has 4 aromatic carbocycles.